The first kappa shape index (κ1) is 37.1. The van der Waals surface area contributed by atoms with Crippen molar-refractivity contribution in [2.45, 2.75) is 0 Å². The van der Waals surface area contributed by atoms with Crippen LogP contribution in [0.3, 0.4) is 0 Å². The molecule has 6 heteroatoms. The van der Waals surface area contributed by atoms with Crippen molar-refractivity contribution >= 4 is 95.5 Å². The quantitative estimate of drug-likeness (QED) is 0.123. The summed E-state index contributed by atoms with van der Waals surface area (Å²) >= 11 is 0. The Bertz CT molecular complexity index is 3750. The van der Waals surface area contributed by atoms with Crippen molar-refractivity contribution in [1.82, 2.24) is 9.13 Å². The van der Waals surface area contributed by atoms with E-state index < -0.39 is 8.07 Å². The molecule has 0 amide bonds. The van der Waals surface area contributed by atoms with Gasteiger partial charge in [-0.2, -0.15) is 0 Å². The second-order valence-electron chi connectivity index (χ2n) is 17.6. The van der Waals surface area contributed by atoms with Gasteiger partial charge in [-0.05, 0) is 80.2 Å². The Morgan fingerprint density at radius 3 is 1.32 bits per heavy atom. The Morgan fingerprint density at radius 1 is 0.303 bits per heavy atom. The minimum absolute atomic E-state index is 0.0159. The molecule has 66 heavy (non-hydrogen) atoms. The number of rotatable bonds is 6. The summed E-state index contributed by atoms with van der Waals surface area (Å²) in [5, 5.41) is 10.2. The lowest BCUT2D eigenvalue weighted by Crippen LogP contribution is -2.74. The molecule has 0 radical (unpaired) electrons. The standard InChI is InChI=1S/C60H39BN2O2Si/c1-3-19-42(20-4-1)66(43-21-5-2-6-22-43,44-23-17-18-40(36-44)62-52-29-12-7-24-46(52)47-25-8-13-30-53(47)62)45-34-35-55-49(39-45)48-26-9-14-31-54(48)63(55)41-37-58-60-59(38-41)65-57-33-16-11-28-51(57)61(60)50-27-10-15-32-56(50)64-58/h1-39H. The van der Waals surface area contributed by atoms with Crippen LogP contribution in [0.15, 0.2) is 237 Å². The van der Waals surface area contributed by atoms with E-state index in [4.69, 9.17) is 9.47 Å². The zero-order valence-corrected chi connectivity index (χ0v) is 36.8. The molecule has 0 saturated heterocycles. The highest BCUT2D eigenvalue weighted by Gasteiger charge is 2.43. The van der Waals surface area contributed by atoms with Gasteiger partial charge in [0.1, 0.15) is 23.0 Å². The van der Waals surface area contributed by atoms with Crippen molar-refractivity contribution in [2.24, 2.45) is 0 Å². The molecule has 4 nitrogen and oxygen atoms in total. The van der Waals surface area contributed by atoms with Gasteiger partial charge >= 0.3 is 0 Å². The molecule has 12 aromatic rings. The second kappa shape index (κ2) is 14.3. The van der Waals surface area contributed by atoms with Gasteiger partial charge in [-0.15, -0.1) is 0 Å². The number of ether oxygens (including phenoxy) is 2. The van der Waals surface area contributed by atoms with Gasteiger partial charge in [-0.25, -0.2) is 0 Å². The van der Waals surface area contributed by atoms with Crippen LogP contribution < -0.4 is 46.6 Å². The smallest absolute Gasteiger partial charge is 0.260 e. The van der Waals surface area contributed by atoms with E-state index in [1.807, 2.05) is 0 Å². The molecule has 2 aliphatic heterocycles. The Balaban J connectivity index is 1.01. The van der Waals surface area contributed by atoms with Gasteiger partial charge < -0.3 is 18.6 Å². The van der Waals surface area contributed by atoms with Gasteiger partial charge in [0.05, 0.1) is 27.8 Å². The summed E-state index contributed by atoms with van der Waals surface area (Å²) in [6, 6.07) is 86.8. The van der Waals surface area contributed by atoms with Crippen LogP contribution in [0.25, 0.3) is 55.0 Å². The highest BCUT2D eigenvalue weighted by molar-refractivity contribution is 7.20. The van der Waals surface area contributed by atoms with Crippen molar-refractivity contribution in [3.05, 3.63) is 237 Å². The zero-order valence-electron chi connectivity index (χ0n) is 35.8. The number of benzene rings is 10. The lowest BCUT2D eigenvalue weighted by molar-refractivity contribution is 0.464. The molecule has 0 saturated carbocycles. The fraction of sp³-hybridized carbons (Fsp3) is 0. The summed E-state index contributed by atoms with van der Waals surface area (Å²) in [7, 11) is -3.02. The highest BCUT2D eigenvalue weighted by atomic mass is 28.3. The third-order valence-electron chi connectivity index (χ3n) is 14.2. The van der Waals surface area contributed by atoms with Gasteiger partial charge in [0.2, 0.25) is 0 Å². The van der Waals surface area contributed by atoms with E-state index in [0.29, 0.717) is 0 Å². The number of hydrogen-bond acceptors (Lipinski definition) is 2. The Hall–Kier alpha value is -8.32. The third-order valence-corrected chi connectivity index (χ3v) is 18.9. The lowest BCUT2D eigenvalue weighted by atomic mass is 9.35. The predicted molar refractivity (Wildman–Crippen MR) is 276 cm³/mol. The second-order valence-corrected chi connectivity index (χ2v) is 21.4. The summed E-state index contributed by atoms with van der Waals surface area (Å²) in [6.45, 7) is 0.0159. The maximum atomic E-state index is 6.81. The minimum Gasteiger partial charge on any atom is -0.458 e. The van der Waals surface area contributed by atoms with Crippen LogP contribution in [0.2, 0.25) is 0 Å². The fourth-order valence-corrected chi connectivity index (χ4v) is 16.2. The molecular weight excluding hydrogens is 820 g/mol. The largest absolute Gasteiger partial charge is 0.458 e. The average molecular weight is 859 g/mol. The van der Waals surface area contributed by atoms with E-state index in [1.165, 1.54) is 53.3 Å². The maximum Gasteiger partial charge on any atom is 0.260 e. The van der Waals surface area contributed by atoms with Crippen molar-refractivity contribution in [3.63, 3.8) is 0 Å². The molecule has 308 valence electrons. The first-order valence-electron chi connectivity index (χ1n) is 22.7. The summed E-state index contributed by atoms with van der Waals surface area (Å²) in [6.07, 6.45) is 0. The van der Waals surface area contributed by atoms with E-state index in [1.54, 1.807) is 0 Å². The Labute approximate surface area is 383 Å². The number of nitrogens with zero attached hydrogens (tertiary/aromatic N) is 2. The molecule has 2 aromatic heterocycles. The number of aromatic nitrogens is 2. The van der Waals surface area contributed by atoms with Crippen LogP contribution >= 0.6 is 0 Å². The molecule has 0 fully saturated rings. The SMILES string of the molecule is c1ccc([Si](c2ccccc2)(c2cccc(-n3c4ccccc4c4ccccc43)c2)c2ccc3c(c2)c2ccccc2n3-c2cc3c4c(c2)Oc2ccccc2B4c2ccccc2O3)cc1. The lowest BCUT2D eigenvalue weighted by Gasteiger charge is -2.35. The van der Waals surface area contributed by atoms with Crippen molar-refractivity contribution < 1.29 is 9.47 Å². The van der Waals surface area contributed by atoms with Crippen LogP contribution in [0, 0.1) is 0 Å². The van der Waals surface area contributed by atoms with Gasteiger partial charge in [0.15, 0.2) is 8.07 Å². The molecule has 0 aliphatic carbocycles. The topological polar surface area (TPSA) is 28.3 Å². The van der Waals surface area contributed by atoms with Crippen LogP contribution in [0.1, 0.15) is 0 Å². The summed E-state index contributed by atoms with van der Waals surface area (Å²) in [5.41, 5.74) is 10.2. The normalized spacial score (nSPS) is 12.8. The fourth-order valence-electron chi connectivity index (χ4n) is 11.4. The van der Waals surface area contributed by atoms with Crippen LogP contribution in [-0.2, 0) is 0 Å². The van der Waals surface area contributed by atoms with Crippen LogP contribution in [0.4, 0.5) is 0 Å². The first-order valence-corrected chi connectivity index (χ1v) is 24.7. The Kier molecular flexibility index (Phi) is 8.06. The summed E-state index contributed by atoms with van der Waals surface area (Å²) in [4.78, 5) is 0. The van der Waals surface area contributed by atoms with E-state index in [9.17, 15) is 0 Å². The van der Waals surface area contributed by atoms with Crippen molar-refractivity contribution in [1.29, 1.82) is 0 Å². The monoisotopic (exact) mass is 858 g/mol. The molecule has 0 unspecified atom stereocenters. The van der Waals surface area contributed by atoms with Crippen LogP contribution in [-0.4, -0.2) is 23.9 Å². The molecule has 0 bridgehead atoms. The van der Waals surface area contributed by atoms with E-state index in [0.717, 1.165) is 61.8 Å². The zero-order chi connectivity index (χ0) is 43.3. The highest BCUT2D eigenvalue weighted by Crippen LogP contribution is 2.40. The van der Waals surface area contributed by atoms with Gasteiger partial charge in [-0.3, -0.25) is 0 Å². The van der Waals surface area contributed by atoms with Crippen LogP contribution in [0.5, 0.6) is 23.0 Å². The average Bonchev–Trinajstić information content (AvgIpc) is 3.90. The number of fused-ring (bicyclic) bond motifs is 10. The van der Waals surface area contributed by atoms with Gasteiger partial charge in [-0.1, -0.05) is 176 Å². The molecule has 4 heterocycles. The van der Waals surface area contributed by atoms with E-state index in [-0.39, 0.29) is 6.71 Å². The third kappa shape index (κ3) is 5.27. The molecule has 0 spiro atoms. The van der Waals surface area contributed by atoms with Crippen molar-refractivity contribution in [2.75, 3.05) is 0 Å². The number of para-hydroxylation sites is 5. The van der Waals surface area contributed by atoms with E-state index in [2.05, 4.69) is 246 Å². The molecular formula is C60H39BN2O2Si. The molecule has 2 aliphatic rings. The molecule has 0 N–H and O–H groups in total. The maximum absolute atomic E-state index is 6.81. The predicted octanol–water partition coefficient (Wildman–Crippen LogP) is 9.99. The first-order chi connectivity index (χ1) is 32.7. The van der Waals surface area contributed by atoms with E-state index >= 15 is 0 Å². The summed E-state index contributed by atoms with van der Waals surface area (Å²) in [5.74, 6) is 3.41. The molecule has 10 aromatic carbocycles. The Morgan fingerprint density at radius 2 is 0.742 bits per heavy atom. The molecule has 0 atom stereocenters. The number of hydrogen-bond donors (Lipinski definition) is 0. The summed E-state index contributed by atoms with van der Waals surface area (Å²) < 4.78 is 18.5. The van der Waals surface area contributed by atoms with Crippen molar-refractivity contribution in [3.8, 4) is 34.4 Å². The molecule has 14 rings (SSSR count). The van der Waals surface area contributed by atoms with Gasteiger partial charge in [0.25, 0.3) is 6.71 Å². The minimum atomic E-state index is -3.02. The van der Waals surface area contributed by atoms with Gasteiger partial charge in [0, 0.05) is 44.8 Å².